The summed E-state index contributed by atoms with van der Waals surface area (Å²) in [6.07, 6.45) is -6.06. The standard InChI is InChI=1S/C17H21N4O9P/c1-7-3-9-10(4-8(7)2)21(15-13(18-9)16(25)20-17(26)19-15)5-11(22)14(24)12(23)6-30-31(27,28)29/h3-5,11-12,14,17,22-24,26H,6H2,1-2H3,(H2-,20,25,27,28,29)/p+1/t11-,12+,14-,17?/m0/s1. The van der Waals surface area contributed by atoms with Crippen molar-refractivity contribution in [3.63, 3.8) is 0 Å². The Morgan fingerprint density at radius 3 is 2.55 bits per heavy atom. The molecule has 168 valence electrons. The highest BCUT2D eigenvalue weighted by Gasteiger charge is 2.31. The summed E-state index contributed by atoms with van der Waals surface area (Å²) >= 11 is 0. The molecule has 1 aliphatic rings. The number of amides is 1. The van der Waals surface area contributed by atoms with Crippen LogP contribution >= 0.6 is 7.82 Å². The Kier molecular flexibility index (Phi) is 6.51. The van der Waals surface area contributed by atoms with Crippen LogP contribution in [-0.2, 0) is 9.09 Å². The predicted molar refractivity (Wildman–Crippen MR) is 102 cm³/mol. The SMILES string of the molecule is Cc1cc2nc3c([n+](=C[C@H](O)[C@H](O)[C@H](O)COP(=O)(O)O)c2cc1C)=NC(O)NC3=O. The summed E-state index contributed by atoms with van der Waals surface area (Å²) in [6.45, 7) is 2.72. The number of aryl methyl sites for hydroxylation is 2. The number of fused-ring (bicyclic) bond motifs is 2. The summed E-state index contributed by atoms with van der Waals surface area (Å²) in [5, 5.41) is 42.5. The van der Waals surface area contributed by atoms with E-state index in [1.54, 1.807) is 12.1 Å². The fraction of sp³-hybridized carbons (Fsp3) is 0.412. The molecule has 0 aliphatic carbocycles. The number of hydrogen-bond donors (Lipinski definition) is 7. The van der Waals surface area contributed by atoms with E-state index in [2.05, 4.69) is 19.8 Å². The van der Waals surface area contributed by atoms with Gasteiger partial charge in [0.05, 0.1) is 6.61 Å². The van der Waals surface area contributed by atoms with Gasteiger partial charge in [-0.3, -0.25) is 14.6 Å². The molecule has 0 radical (unpaired) electrons. The Morgan fingerprint density at radius 2 is 1.90 bits per heavy atom. The van der Waals surface area contributed by atoms with Gasteiger partial charge in [-0.1, -0.05) is 0 Å². The quantitative estimate of drug-likeness (QED) is 0.172. The first-order valence-corrected chi connectivity index (χ1v) is 10.6. The van der Waals surface area contributed by atoms with Gasteiger partial charge in [-0.15, -0.1) is 0 Å². The van der Waals surface area contributed by atoms with Gasteiger partial charge in [0, 0.05) is 0 Å². The van der Waals surface area contributed by atoms with Crippen LogP contribution in [0.3, 0.4) is 0 Å². The molecule has 4 atom stereocenters. The van der Waals surface area contributed by atoms with Crippen molar-refractivity contribution in [1.82, 2.24) is 10.3 Å². The molecule has 13 nitrogen and oxygen atoms in total. The fourth-order valence-electron chi connectivity index (χ4n) is 2.97. The van der Waals surface area contributed by atoms with Crippen molar-refractivity contribution >= 4 is 24.8 Å². The normalized spacial score (nSPS) is 20.1. The number of carbonyl (C=O) groups is 1. The second-order valence-electron chi connectivity index (χ2n) is 7.04. The minimum absolute atomic E-state index is 0.0980. The molecule has 3 rings (SSSR count). The van der Waals surface area contributed by atoms with E-state index in [9.17, 15) is 29.8 Å². The molecule has 7 N–H and O–H groups in total. The van der Waals surface area contributed by atoms with Crippen LogP contribution in [0.25, 0.3) is 11.0 Å². The second-order valence-corrected chi connectivity index (χ2v) is 8.28. The van der Waals surface area contributed by atoms with Crippen LogP contribution in [0.4, 0.5) is 0 Å². The summed E-state index contributed by atoms with van der Waals surface area (Å²) in [5.41, 5.74) is 2.25. The van der Waals surface area contributed by atoms with Crippen LogP contribution in [-0.4, -0.2) is 72.4 Å². The van der Waals surface area contributed by atoms with Gasteiger partial charge in [0.2, 0.25) is 5.69 Å². The van der Waals surface area contributed by atoms with Gasteiger partial charge in [0.25, 0.3) is 5.91 Å². The van der Waals surface area contributed by atoms with Gasteiger partial charge < -0.3 is 30.2 Å². The van der Waals surface area contributed by atoms with Crippen molar-refractivity contribution in [3.05, 3.63) is 40.7 Å². The zero-order chi connectivity index (χ0) is 23.1. The van der Waals surface area contributed by atoms with E-state index in [1.807, 2.05) is 13.8 Å². The minimum atomic E-state index is -4.89. The Bertz CT molecular complexity index is 1200. The molecule has 31 heavy (non-hydrogen) atoms. The van der Waals surface area contributed by atoms with Crippen LogP contribution in [0.2, 0.25) is 0 Å². The monoisotopic (exact) mass is 457 g/mol. The third-order valence-electron chi connectivity index (χ3n) is 4.70. The summed E-state index contributed by atoms with van der Waals surface area (Å²) < 4.78 is 16.2. The lowest BCUT2D eigenvalue weighted by Gasteiger charge is -2.20. The van der Waals surface area contributed by atoms with E-state index < -0.39 is 45.0 Å². The van der Waals surface area contributed by atoms with Crippen LogP contribution in [0.1, 0.15) is 21.6 Å². The first kappa shape index (κ1) is 23.3. The number of nitrogens with zero attached hydrogens (tertiary/aromatic N) is 3. The van der Waals surface area contributed by atoms with E-state index >= 15 is 0 Å². The van der Waals surface area contributed by atoms with Gasteiger partial charge in [-0.25, -0.2) is 9.55 Å². The second kappa shape index (κ2) is 8.65. The molecule has 0 fully saturated rings. The lowest BCUT2D eigenvalue weighted by atomic mass is 10.1. The van der Waals surface area contributed by atoms with Crippen LogP contribution in [0, 0.1) is 20.1 Å². The van der Waals surface area contributed by atoms with E-state index in [1.165, 1.54) is 4.24 Å². The highest BCUT2D eigenvalue weighted by molar-refractivity contribution is 7.46. The van der Waals surface area contributed by atoms with Gasteiger partial charge in [0.15, 0.2) is 5.52 Å². The number of nitrogens with one attached hydrogen (secondary N) is 1. The van der Waals surface area contributed by atoms with E-state index in [4.69, 9.17) is 9.79 Å². The average Bonchev–Trinajstić information content (AvgIpc) is 2.67. The molecule has 0 bridgehead atoms. The van der Waals surface area contributed by atoms with Crippen molar-refractivity contribution in [2.45, 2.75) is 38.5 Å². The number of rotatable bonds is 6. The van der Waals surface area contributed by atoms with Crippen molar-refractivity contribution in [1.29, 1.82) is 0 Å². The molecule has 2 aromatic rings. The van der Waals surface area contributed by atoms with Gasteiger partial charge in [-0.05, 0) is 42.1 Å². The molecule has 1 amide bonds. The molecule has 1 aliphatic heterocycles. The molecular formula is C17H22N4O9P+. The molecule has 0 saturated carbocycles. The average molecular weight is 457 g/mol. The molecule has 14 heteroatoms. The van der Waals surface area contributed by atoms with Gasteiger partial charge in [0.1, 0.15) is 30.0 Å². The number of benzene rings is 1. The highest BCUT2D eigenvalue weighted by atomic mass is 31.2. The molecular weight excluding hydrogens is 435 g/mol. The van der Waals surface area contributed by atoms with E-state index in [-0.39, 0.29) is 11.2 Å². The summed E-state index contributed by atoms with van der Waals surface area (Å²) in [7, 11) is -4.89. The molecule has 2 heterocycles. The van der Waals surface area contributed by atoms with E-state index in [0.29, 0.717) is 11.0 Å². The van der Waals surface area contributed by atoms with Crippen molar-refractivity contribution in [2.75, 3.05) is 6.61 Å². The smallest absolute Gasteiger partial charge is 0.388 e. The fourth-order valence-corrected chi connectivity index (χ4v) is 3.31. The lowest BCUT2D eigenvalue weighted by Crippen LogP contribution is -2.54. The number of phosphoric acid groups is 1. The topological polar surface area (TPSA) is 208 Å². The largest absolute Gasteiger partial charge is 0.469 e. The van der Waals surface area contributed by atoms with E-state index in [0.717, 1.165) is 17.3 Å². The molecule has 0 spiro atoms. The van der Waals surface area contributed by atoms with Crippen LogP contribution in [0.15, 0.2) is 17.1 Å². The lowest BCUT2D eigenvalue weighted by molar-refractivity contribution is -0.507. The summed E-state index contributed by atoms with van der Waals surface area (Å²) in [5.74, 6) is -0.704. The number of aliphatic hydroxyl groups excluding tert-OH is 4. The molecule has 1 unspecified atom stereocenters. The van der Waals surface area contributed by atoms with Crippen molar-refractivity contribution in [3.8, 4) is 0 Å². The Hall–Kier alpha value is -2.35. The first-order valence-electron chi connectivity index (χ1n) is 9.03. The minimum Gasteiger partial charge on any atom is -0.388 e. The Balaban J connectivity index is 2.16. The molecule has 1 aromatic carbocycles. The molecule has 0 saturated heterocycles. The predicted octanol–water partition coefficient (Wildman–Crippen LogP) is -3.02. The Labute approximate surface area is 174 Å². The highest BCUT2D eigenvalue weighted by Crippen LogP contribution is 2.35. The number of hydrogen-bond acceptors (Lipinski definition) is 9. The van der Waals surface area contributed by atoms with Crippen molar-refractivity contribution in [2.24, 2.45) is 4.99 Å². The van der Waals surface area contributed by atoms with Gasteiger partial charge >= 0.3 is 19.7 Å². The van der Waals surface area contributed by atoms with Crippen LogP contribution < -0.4 is 15.0 Å². The summed E-state index contributed by atoms with van der Waals surface area (Å²) in [6, 6.07) is 3.41. The maximum atomic E-state index is 12.3. The third-order valence-corrected chi connectivity index (χ3v) is 5.19. The zero-order valence-corrected chi connectivity index (χ0v) is 17.3. The number of carbonyl (C=O) groups excluding carboxylic acids is 1. The summed E-state index contributed by atoms with van der Waals surface area (Å²) in [4.78, 5) is 37.9. The Morgan fingerprint density at radius 1 is 1.26 bits per heavy atom. The maximum Gasteiger partial charge on any atom is 0.469 e. The number of phosphoric ester groups is 1. The number of aliphatic hydroxyl groups is 4. The number of aromatic nitrogens is 2. The first-order chi connectivity index (χ1) is 14.4. The van der Waals surface area contributed by atoms with Gasteiger partial charge in [-0.2, -0.15) is 4.24 Å². The molecule has 1 aromatic heterocycles. The van der Waals surface area contributed by atoms with Crippen molar-refractivity contribution < 1.29 is 48.3 Å². The maximum absolute atomic E-state index is 12.3. The third kappa shape index (κ3) is 5.11. The van der Waals surface area contributed by atoms with Crippen LogP contribution in [0.5, 0.6) is 0 Å². The zero-order valence-electron chi connectivity index (χ0n) is 16.4.